The molecule has 1 unspecified atom stereocenters. The number of rotatable bonds is 6. The van der Waals surface area contributed by atoms with Crippen LogP contribution in [0.3, 0.4) is 0 Å². The molecule has 2 N–H and O–H groups in total. The quantitative estimate of drug-likeness (QED) is 0.828. The van der Waals surface area contributed by atoms with E-state index in [2.05, 4.69) is 10.3 Å². The van der Waals surface area contributed by atoms with Crippen LogP contribution < -0.4 is 5.32 Å². The van der Waals surface area contributed by atoms with Crippen LogP contribution in [0.5, 0.6) is 0 Å². The average Bonchev–Trinajstić information content (AvgIpc) is 2.75. The molecule has 0 saturated heterocycles. The van der Waals surface area contributed by atoms with Crippen LogP contribution in [0.25, 0.3) is 0 Å². The third-order valence-electron chi connectivity index (χ3n) is 2.49. The van der Waals surface area contributed by atoms with E-state index in [9.17, 15) is 9.59 Å². The first-order valence-electron chi connectivity index (χ1n) is 5.91. The van der Waals surface area contributed by atoms with E-state index in [1.165, 1.54) is 11.3 Å². The van der Waals surface area contributed by atoms with E-state index >= 15 is 0 Å². The zero-order chi connectivity index (χ0) is 13.7. The zero-order valence-electron chi connectivity index (χ0n) is 10.8. The number of carboxylic acid groups (broad SMARTS) is 1. The summed E-state index contributed by atoms with van der Waals surface area (Å²) in [6, 6.07) is -0.843. The van der Waals surface area contributed by atoms with Crippen LogP contribution in [0.2, 0.25) is 0 Å². The van der Waals surface area contributed by atoms with Crippen molar-refractivity contribution in [3.63, 3.8) is 0 Å². The van der Waals surface area contributed by atoms with Gasteiger partial charge in [-0.25, -0.2) is 9.78 Å². The Balaban J connectivity index is 2.75. The van der Waals surface area contributed by atoms with Crippen LogP contribution in [-0.4, -0.2) is 28.0 Å². The maximum atomic E-state index is 12.0. The first-order valence-corrected chi connectivity index (χ1v) is 6.79. The summed E-state index contributed by atoms with van der Waals surface area (Å²) in [6.07, 6.45) is 1.08. The number of hydrogen-bond acceptors (Lipinski definition) is 4. The molecule has 18 heavy (non-hydrogen) atoms. The molecule has 1 aromatic heterocycles. The molecule has 0 aliphatic heterocycles. The lowest BCUT2D eigenvalue weighted by molar-refractivity contribution is -0.139. The van der Waals surface area contributed by atoms with Crippen molar-refractivity contribution in [3.8, 4) is 0 Å². The van der Waals surface area contributed by atoms with Gasteiger partial charge in [0.2, 0.25) is 0 Å². The molecule has 0 fully saturated rings. The van der Waals surface area contributed by atoms with E-state index in [1.807, 2.05) is 20.8 Å². The number of aromatic nitrogens is 1. The number of hydrogen-bond donors (Lipinski definition) is 2. The summed E-state index contributed by atoms with van der Waals surface area (Å²) >= 11 is 1.24. The number of carboxylic acids is 1. The molecule has 0 saturated carbocycles. The molecule has 5 nitrogen and oxygen atoms in total. The minimum absolute atomic E-state index is 0.207. The summed E-state index contributed by atoms with van der Waals surface area (Å²) in [4.78, 5) is 27.6. The second kappa shape index (κ2) is 6.49. The van der Waals surface area contributed by atoms with Crippen molar-refractivity contribution < 1.29 is 14.7 Å². The van der Waals surface area contributed by atoms with Gasteiger partial charge < -0.3 is 10.4 Å². The zero-order valence-corrected chi connectivity index (χ0v) is 11.6. The first-order chi connectivity index (χ1) is 8.45. The fraction of sp³-hybridized carbons (Fsp3) is 0.583. The number of nitrogens with zero attached hydrogens (tertiary/aromatic N) is 1. The fourth-order valence-electron chi connectivity index (χ4n) is 1.62. The van der Waals surface area contributed by atoms with E-state index in [-0.39, 0.29) is 11.8 Å². The van der Waals surface area contributed by atoms with Gasteiger partial charge in [0.05, 0.1) is 11.2 Å². The predicted molar refractivity (Wildman–Crippen MR) is 69.8 cm³/mol. The highest BCUT2D eigenvalue weighted by Crippen LogP contribution is 2.15. The summed E-state index contributed by atoms with van der Waals surface area (Å²) in [7, 11) is 0. The normalized spacial score (nSPS) is 12.4. The van der Waals surface area contributed by atoms with Crippen LogP contribution >= 0.6 is 11.3 Å². The second-order valence-electron chi connectivity index (χ2n) is 4.48. The van der Waals surface area contributed by atoms with Crippen molar-refractivity contribution in [2.24, 2.45) is 5.92 Å². The molecule has 0 bridgehead atoms. The van der Waals surface area contributed by atoms with Crippen molar-refractivity contribution >= 4 is 23.2 Å². The van der Waals surface area contributed by atoms with Crippen LogP contribution in [0.15, 0.2) is 5.51 Å². The minimum atomic E-state index is -1.00. The van der Waals surface area contributed by atoms with Gasteiger partial charge in [0.25, 0.3) is 5.91 Å². The highest BCUT2D eigenvalue weighted by atomic mass is 32.1. The number of aryl methyl sites for hydroxylation is 1. The van der Waals surface area contributed by atoms with Gasteiger partial charge >= 0.3 is 5.97 Å². The molecule has 0 aliphatic carbocycles. The number of aliphatic carboxylic acids is 1. The first kappa shape index (κ1) is 14.6. The number of carbonyl (C=O) groups excluding carboxylic acids is 1. The Hall–Kier alpha value is -1.43. The summed E-state index contributed by atoms with van der Waals surface area (Å²) in [6.45, 7) is 5.76. The van der Waals surface area contributed by atoms with Crippen LogP contribution in [0.4, 0.5) is 0 Å². The predicted octanol–water partition coefficient (Wildman–Crippen LogP) is 1.93. The third kappa shape index (κ3) is 3.80. The molecular formula is C12H18N2O3S. The lowest BCUT2D eigenvalue weighted by Gasteiger charge is -2.16. The molecule has 0 aliphatic rings. The van der Waals surface area contributed by atoms with Gasteiger partial charge in [0.15, 0.2) is 0 Å². The minimum Gasteiger partial charge on any atom is -0.480 e. The number of carbonyl (C=O) groups is 2. The molecule has 1 amide bonds. The molecule has 1 atom stereocenters. The van der Waals surface area contributed by atoms with E-state index in [0.29, 0.717) is 23.4 Å². The standard InChI is InChI=1S/C12H18N2O3S/c1-4-8-10(18-6-13-8)11(15)14-9(12(16)17)5-7(2)3/h6-7,9H,4-5H2,1-3H3,(H,14,15)(H,16,17). The lowest BCUT2D eigenvalue weighted by atomic mass is 10.0. The van der Waals surface area contributed by atoms with Crippen molar-refractivity contribution in [2.75, 3.05) is 0 Å². The van der Waals surface area contributed by atoms with Gasteiger partial charge in [-0.05, 0) is 18.8 Å². The molecule has 6 heteroatoms. The highest BCUT2D eigenvalue weighted by Gasteiger charge is 2.23. The van der Waals surface area contributed by atoms with Gasteiger partial charge in [-0.15, -0.1) is 11.3 Å². The fourth-order valence-corrected chi connectivity index (χ4v) is 2.41. The van der Waals surface area contributed by atoms with Gasteiger partial charge in [-0.2, -0.15) is 0 Å². The summed E-state index contributed by atoms with van der Waals surface area (Å²) < 4.78 is 0. The van der Waals surface area contributed by atoms with E-state index < -0.39 is 12.0 Å². The Morgan fingerprint density at radius 1 is 1.50 bits per heavy atom. The molecule has 1 rings (SSSR count). The number of amides is 1. The van der Waals surface area contributed by atoms with Crippen LogP contribution in [-0.2, 0) is 11.2 Å². The van der Waals surface area contributed by atoms with Gasteiger partial charge in [-0.3, -0.25) is 4.79 Å². The van der Waals surface area contributed by atoms with Gasteiger partial charge in [0.1, 0.15) is 10.9 Å². The number of nitrogens with one attached hydrogen (secondary N) is 1. The average molecular weight is 270 g/mol. The van der Waals surface area contributed by atoms with Crippen molar-refractivity contribution in [3.05, 3.63) is 16.1 Å². The molecule has 0 spiro atoms. The van der Waals surface area contributed by atoms with Crippen molar-refractivity contribution in [1.29, 1.82) is 0 Å². The Kier molecular flexibility index (Phi) is 5.27. The topological polar surface area (TPSA) is 79.3 Å². The van der Waals surface area contributed by atoms with Crippen LogP contribution in [0, 0.1) is 5.92 Å². The van der Waals surface area contributed by atoms with Crippen LogP contribution in [0.1, 0.15) is 42.6 Å². The smallest absolute Gasteiger partial charge is 0.326 e. The number of thiazole rings is 1. The SMILES string of the molecule is CCc1ncsc1C(=O)NC(CC(C)C)C(=O)O. The molecule has 100 valence electrons. The largest absolute Gasteiger partial charge is 0.480 e. The Bertz CT molecular complexity index is 429. The second-order valence-corrected chi connectivity index (χ2v) is 5.33. The summed E-state index contributed by atoms with van der Waals surface area (Å²) in [5.41, 5.74) is 2.32. The molecule has 1 aromatic rings. The Morgan fingerprint density at radius 3 is 2.67 bits per heavy atom. The molecule has 0 radical (unpaired) electrons. The highest BCUT2D eigenvalue weighted by molar-refractivity contribution is 7.11. The molecule has 1 heterocycles. The van der Waals surface area contributed by atoms with E-state index in [0.717, 1.165) is 0 Å². The maximum Gasteiger partial charge on any atom is 0.326 e. The monoisotopic (exact) mass is 270 g/mol. The summed E-state index contributed by atoms with van der Waals surface area (Å²) in [5.74, 6) is -1.14. The van der Waals surface area contributed by atoms with Gasteiger partial charge in [0, 0.05) is 0 Å². The van der Waals surface area contributed by atoms with E-state index in [1.54, 1.807) is 5.51 Å². The molecular weight excluding hydrogens is 252 g/mol. The molecule has 0 aromatic carbocycles. The Morgan fingerprint density at radius 2 is 2.17 bits per heavy atom. The Labute approximate surface area is 110 Å². The third-order valence-corrected chi connectivity index (χ3v) is 3.36. The van der Waals surface area contributed by atoms with Gasteiger partial charge in [-0.1, -0.05) is 20.8 Å². The van der Waals surface area contributed by atoms with Crippen molar-refractivity contribution in [2.45, 2.75) is 39.7 Å². The lowest BCUT2D eigenvalue weighted by Crippen LogP contribution is -2.41. The maximum absolute atomic E-state index is 12.0. The van der Waals surface area contributed by atoms with Crippen molar-refractivity contribution in [1.82, 2.24) is 10.3 Å². The summed E-state index contributed by atoms with van der Waals surface area (Å²) in [5, 5.41) is 11.6. The van der Waals surface area contributed by atoms with E-state index in [4.69, 9.17) is 5.11 Å².